The molecule has 3 unspecified atom stereocenters. The summed E-state index contributed by atoms with van der Waals surface area (Å²) in [6, 6.07) is 6.68. The van der Waals surface area contributed by atoms with Crippen molar-refractivity contribution in [2.75, 3.05) is 18.9 Å². The van der Waals surface area contributed by atoms with Gasteiger partial charge in [-0.25, -0.2) is 13.2 Å². The van der Waals surface area contributed by atoms with Crippen molar-refractivity contribution in [1.29, 1.82) is 0 Å². The van der Waals surface area contributed by atoms with Crippen LogP contribution in [-0.2, 0) is 28.9 Å². The third-order valence-corrected chi connectivity index (χ3v) is 8.19. The van der Waals surface area contributed by atoms with Crippen molar-refractivity contribution >= 4 is 21.7 Å². The van der Waals surface area contributed by atoms with Crippen molar-refractivity contribution in [1.82, 2.24) is 4.90 Å². The van der Waals surface area contributed by atoms with Crippen LogP contribution in [0.25, 0.3) is 0 Å². The summed E-state index contributed by atoms with van der Waals surface area (Å²) in [6.45, 7) is 3.76. The van der Waals surface area contributed by atoms with Gasteiger partial charge in [-0.3, -0.25) is 4.79 Å². The van der Waals surface area contributed by atoms with E-state index in [0.717, 1.165) is 24.8 Å². The second-order valence-corrected chi connectivity index (χ2v) is 10.3. The lowest BCUT2D eigenvalue weighted by Crippen LogP contribution is -2.58. The fraction of sp³-hybridized carbons (Fsp3) is 0.619. The van der Waals surface area contributed by atoms with Gasteiger partial charge in [-0.15, -0.1) is 0 Å². The molecule has 4 rings (SSSR count). The molecule has 2 saturated heterocycles. The zero-order valence-electron chi connectivity index (χ0n) is 16.8. The lowest BCUT2D eigenvalue weighted by molar-refractivity contribution is -0.174. The molecule has 7 nitrogen and oxygen atoms in total. The van der Waals surface area contributed by atoms with Crippen molar-refractivity contribution in [2.24, 2.45) is 5.92 Å². The van der Waals surface area contributed by atoms with E-state index in [4.69, 9.17) is 9.47 Å². The first kappa shape index (κ1) is 20.3. The Balaban J connectivity index is 1.60. The molecule has 2 aliphatic heterocycles. The van der Waals surface area contributed by atoms with Crippen molar-refractivity contribution < 1.29 is 27.5 Å². The fourth-order valence-corrected chi connectivity index (χ4v) is 6.25. The number of aryl methyl sites for hydroxylation is 1. The predicted molar refractivity (Wildman–Crippen MR) is 105 cm³/mol. The largest absolute Gasteiger partial charge is 0.463 e. The Morgan fingerprint density at radius 1 is 1.28 bits per heavy atom. The van der Waals surface area contributed by atoms with Gasteiger partial charge in [0.25, 0.3) is 5.91 Å². The van der Waals surface area contributed by atoms with Crippen LogP contribution >= 0.6 is 0 Å². The fourth-order valence-electron chi connectivity index (χ4n) is 5.04. The third kappa shape index (κ3) is 3.08. The minimum absolute atomic E-state index is 0.00664. The smallest absolute Gasteiger partial charge is 0.348 e. The molecule has 158 valence electrons. The SMILES string of the molecule is CCOC(=O)C12CC3CCCCC3(O1)N(CCS(=O)(=O)c1ccc(C)cc1)C2=O. The number of esters is 1. The Hall–Kier alpha value is -1.93. The average molecular weight is 422 g/mol. The molecule has 2 bridgehead atoms. The molecule has 0 radical (unpaired) electrons. The molecule has 8 heteroatoms. The minimum atomic E-state index is -3.56. The van der Waals surface area contributed by atoms with Crippen LogP contribution in [0.4, 0.5) is 0 Å². The number of amides is 1. The number of hydrogen-bond acceptors (Lipinski definition) is 6. The van der Waals surface area contributed by atoms with Crippen molar-refractivity contribution in [3.63, 3.8) is 0 Å². The zero-order chi connectivity index (χ0) is 20.9. The highest BCUT2D eigenvalue weighted by Crippen LogP contribution is 2.58. The lowest BCUT2D eigenvalue weighted by atomic mass is 9.74. The molecule has 1 aromatic rings. The number of piperidine rings is 1. The van der Waals surface area contributed by atoms with Gasteiger partial charge in [0.15, 0.2) is 9.84 Å². The highest BCUT2D eigenvalue weighted by Gasteiger charge is 2.74. The Bertz CT molecular complexity index is 927. The van der Waals surface area contributed by atoms with Gasteiger partial charge in [0, 0.05) is 18.9 Å². The molecular formula is C21H27NO6S. The standard InChI is InChI=1S/C21H27NO6S/c1-3-27-19(24)20-14-16-6-4-5-11-21(16,28-20)22(18(20)23)12-13-29(25,26)17-9-7-15(2)8-10-17/h7-10,16H,3-6,11-14H2,1-2H3. The second kappa shape index (κ2) is 7.09. The maximum atomic E-state index is 13.3. The molecule has 1 amide bonds. The monoisotopic (exact) mass is 421 g/mol. The Labute approximate surface area is 171 Å². The van der Waals surface area contributed by atoms with E-state index in [1.807, 2.05) is 6.92 Å². The molecule has 29 heavy (non-hydrogen) atoms. The summed E-state index contributed by atoms with van der Waals surface area (Å²) in [5, 5.41) is 0. The number of hydrogen-bond donors (Lipinski definition) is 0. The summed E-state index contributed by atoms with van der Waals surface area (Å²) < 4.78 is 37.0. The van der Waals surface area contributed by atoms with Crippen LogP contribution in [0, 0.1) is 12.8 Å². The van der Waals surface area contributed by atoms with Gasteiger partial charge in [0.05, 0.1) is 17.3 Å². The topological polar surface area (TPSA) is 90.0 Å². The Kier molecular flexibility index (Phi) is 4.98. The highest BCUT2D eigenvalue weighted by molar-refractivity contribution is 7.91. The van der Waals surface area contributed by atoms with Gasteiger partial charge in [0.2, 0.25) is 5.60 Å². The van der Waals surface area contributed by atoms with Crippen LogP contribution in [0.5, 0.6) is 0 Å². The third-order valence-electron chi connectivity index (χ3n) is 6.48. The molecule has 0 N–H and O–H groups in total. The van der Waals surface area contributed by atoms with Crippen LogP contribution in [0.2, 0.25) is 0 Å². The zero-order valence-corrected chi connectivity index (χ0v) is 17.7. The first-order chi connectivity index (χ1) is 13.7. The molecule has 0 aromatic heterocycles. The molecule has 3 atom stereocenters. The number of sulfone groups is 1. The molecule has 3 aliphatic rings. The maximum Gasteiger partial charge on any atom is 0.348 e. The first-order valence-electron chi connectivity index (χ1n) is 10.2. The second-order valence-electron chi connectivity index (χ2n) is 8.23. The summed E-state index contributed by atoms with van der Waals surface area (Å²) in [6.07, 6.45) is 3.69. The van der Waals surface area contributed by atoms with Crippen LogP contribution in [0.15, 0.2) is 29.2 Å². The normalized spacial score (nSPS) is 31.0. The number of carbonyl (C=O) groups is 2. The molecule has 1 aromatic carbocycles. The van der Waals surface area contributed by atoms with Gasteiger partial charge in [-0.05, 0) is 45.2 Å². The van der Waals surface area contributed by atoms with Gasteiger partial charge in [-0.1, -0.05) is 24.1 Å². The number of rotatable bonds is 6. The highest BCUT2D eigenvalue weighted by atomic mass is 32.2. The number of ether oxygens (including phenoxy) is 2. The molecule has 1 aliphatic carbocycles. The maximum absolute atomic E-state index is 13.3. The molecule has 3 fully saturated rings. The van der Waals surface area contributed by atoms with Crippen molar-refractivity contribution in [3.05, 3.63) is 29.8 Å². The van der Waals surface area contributed by atoms with Gasteiger partial charge in [-0.2, -0.15) is 0 Å². The Morgan fingerprint density at radius 2 is 2.00 bits per heavy atom. The van der Waals surface area contributed by atoms with E-state index in [9.17, 15) is 18.0 Å². The van der Waals surface area contributed by atoms with Crippen molar-refractivity contribution in [3.8, 4) is 0 Å². The summed E-state index contributed by atoms with van der Waals surface area (Å²) >= 11 is 0. The van der Waals surface area contributed by atoms with Gasteiger partial charge < -0.3 is 14.4 Å². The predicted octanol–water partition coefficient (Wildman–Crippen LogP) is 2.22. The number of benzene rings is 1. The van der Waals surface area contributed by atoms with E-state index in [0.29, 0.717) is 12.8 Å². The number of carbonyl (C=O) groups excluding carboxylic acids is 2. The van der Waals surface area contributed by atoms with Gasteiger partial charge in [0.1, 0.15) is 5.72 Å². The first-order valence-corrected chi connectivity index (χ1v) is 11.9. The van der Waals surface area contributed by atoms with E-state index in [2.05, 4.69) is 0 Å². The molecule has 1 saturated carbocycles. The number of nitrogens with zero attached hydrogens (tertiary/aromatic N) is 1. The van der Waals surface area contributed by atoms with Gasteiger partial charge >= 0.3 is 5.97 Å². The van der Waals surface area contributed by atoms with Crippen LogP contribution in [0.1, 0.15) is 44.6 Å². The minimum Gasteiger partial charge on any atom is -0.463 e. The van der Waals surface area contributed by atoms with Crippen LogP contribution < -0.4 is 0 Å². The number of likely N-dealkylation sites (tertiary alicyclic amines) is 1. The van der Waals surface area contributed by atoms with Crippen LogP contribution in [0.3, 0.4) is 0 Å². The summed E-state index contributed by atoms with van der Waals surface area (Å²) in [7, 11) is -3.56. The summed E-state index contributed by atoms with van der Waals surface area (Å²) in [5.41, 5.74) is -1.52. The van der Waals surface area contributed by atoms with Crippen LogP contribution in [-0.4, -0.2) is 55.4 Å². The summed E-state index contributed by atoms with van der Waals surface area (Å²) in [4.78, 5) is 27.7. The number of fused-ring (bicyclic) bond motifs is 1. The Morgan fingerprint density at radius 3 is 2.69 bits per heavy atom. The van der Waals surface area contributed by atoms with Crippen molar-refractivity contribution in [2.45, 2.75) is 62.2 Å². The molecule has 1 spiro atoms. The molecular weight excluding hydrogens is 394 g/mol. The lowest BCUT2D eigenvalue weighted by Gasteiger charge is -2.44. The van der Waals surface area contributed by atoms with E-state index >= 15 is 0 Å². The van der Waals surface area contributed by atoms with E-state index < -0.39 is 33.0 Å². The quantitative estimate of drug-likeness (QED) is 0.517. The summed E-state index contributed by atoms with van der Waals surface area (Å²) in [5.74, 6) is -1.28. The average Bonchev–Trinajstić information content (AvgIpc) is 3.16. The van der Waals surface area contributed by atoms with E-state index in [1.165, 1.54) is 4.90 Å². The van der Waals surface area contributed by atoms with E-state index in [-0.39, 0.29) is 29.7 Å². The van der Waals surface area contributed by atoms with E-state index in [1.54, 1.807) is 31.2 Å². The molecule has 2 heterocycles.